The second kappa shape index (κ2) is 8.98. The second-order valence-corrected chi connectivity index (χ2v) is 8.92. The van der Waals surface area contributed by atoms with E-state index >= 15 is 0 Å². The van der Waals surface area contributed by atoms with Crippen LogP contribution in [0.2, 0.25) is 0 Å². The van der Waals surface area contributed by atoms with Crippen LogP contribution < -0.4 is 5.32 Å². The second-order valence-electron chi connectivity index (χ2n) is 8.05. The highest BCUT2D eigenvalue weighted by molar-refractivity contribution is 7.98. The molecule has 0 amide bonds. The number of carbonyl (C=O) groups excluding carboxylic acids is 1. The number of aromatic nitrogens is 4. The van der Waals surface area contributed by atoms with Crippen LogP contribution in [0.1, 0.15) is 52.3 Å². The first-order valence-corrected chi connectivity index (χ1v) is 11.2. The number of benzene rings is 1. The smallest absolute Gasteiger partial charge is 0.306 e. The van der Waals surface area contributed by atoms with E-state index in [4.69, 9.17) is 9.72 Å². The van der Waals surface area contributed by atoms with Gasteiger partial charge in [0.2, 0.25) is 5.65 Å². The van der Waals surface area contributed by atoms with Crippen LogP contribution >= 0.6 is 11.8 Å². The van der Waals surface area contributed by atoms with Crippen molar-refractivity contribution >= 4 is 40.2 Å². The summed E-state index contributed by atoms with van der Waals surface area (Å²) < 4.78 is 7.38. The Bertz CT molecular complexity index is 1010. The SMILES string of the molecule is CSc1ccc2c(c1)nc(NCCCCCC(=O)OC(C)(C)C)c1nnc(C)n12. The molecule has 0 aliphatic heterocycles. The number of ether oxygens (including phenoxy) is 1. The zero-order chi connectivity index (χ0) is 21.0. The van der Waals surface area contributed by atoms with Gasteiger partial charge in [0.25, 0.3) is 0 Å². The Hall–Kier alpha value is -2.35. The van der Waals surface area contributed by atoms with Crippen molar-refractivity contribution in [3.8, 4) is 0 Å². The summed E-state index contributed by atoms with van der Waals surface area (Å²) in [5, 5.41) is 11.9. The average Bonchev–Trinajstić information content (AvgIpc) is 3.04. The van der Waals surface area contributed by atoms with E-state index in [9.17, 15) is 4.79 Å². The lowest BCUT2D eigenvalue weighted by Gasteiger charge is -2.19. The molecule has 3 rings (SSSR count). The zero-order valence-corrected chi connectivity index (χ0v) is 18.6. The van der Waals surface area contributed by atoms with Gasteiger partial charge < -0.3 is 10.1 Å². The molecule has 0 aliphatic rings. The number of hydrogen-bond acceptors (Lipinski definition) is 7. The van der Waals surface area contributed by atoms with Crippen LogP contribution in [0.25, 0.3) is 16.7 Å². The molecule has 0 atom stereocenters. The molecule has 0 spiro atoms. The van der Waals surface area contributed by atoms with E-state index in [1.54, 1.807) is 11.8 Å². The van der Waals surface area contributed by atoms with Crippen molar-refractivity contribution in [2.24, 2.45) is 0 Å². The van der Waals surface area contributed by atoms with Crippen molar-refractivity contribution < 1.29 is 9.53 Å². The maximum absolute atomic E-state index is 11.8. The lowest BCUT2D eigenvalue weighted by molar-refractivity contribution is -0.154. The minimum atomic E-state index is -0.418. The van der Waals surface area contributed by atoms with Crippen LogP contribution in [0.3, 0.4) is 0 Å². The summed E-state index contributed by atoms with van der Waals surface area (Å²) in [5.74, 6) is 1.44. The minimum absolute atomic E-state index is 0.133. The monoisotopic (exact) mass is 415 g/mol. The van der Waals surface area contributed by atoms with E-state index < -0.39 is 5.60 Å². The Kier molecular flexibility index (Phi) is 6.62. The highest BCUT2D eigenvalue weighted by Crippen LogP contribution is 2.25. The third-order valence-corrected chi connectivity index (χ3v) is 5.19. The lowest BCUT2D eigenvalue weighted by atomic mass is 10.1. The molecule has 0 radical (unpaired) electrons. The first-order chi connectivity index (χ1) is 13.8. The van der Waals surface area contributed by atoms with Gasteiger partial charge in [0.1, 0.15) is 11.4 Å². The van der Waals surface area contributed by atoms with Crippen LogP contribution in [0, 0.1) is 6.92 Å². The van der Waals surface area contributed by atoms with E-state index in [1.165, 1.54) is 4.90 Å². The summed E-state index contributed by atoms with van der Waals surface area (Å²) in [4.78, 5) is 17.7. The fraction of sp³-hybridized carbons (Fsp3) is 0.524. The first kappa shape index (κ1) is 21.4. The number of thioether (sulfide) groups is 1. The number of aryl methyl sites for hydroxylation is 1. The summed E-state index contributed by atoms with van der Waals surface area (Å²) in [5.41, 5.74) is 2.24. The first-order valence-electron chi connectivity index (χ1n) is 9.94. The van der Waals surface area contributed by atoms with Crippen LogP contribution in [-0.4, -0.2) is 44.0 Å². The number of unbranched alkanes of at least 4 members (excludes halogenated alkanes) is 2. The lowest BCUT2D eigenvalue weighted by Crippen LogP contribution is -2.23. The van der Waals surface area contributed by atoms with Gasteiger partial charge in [-0.15, -0.1) is 22.0 Å². The molecule has 0 aliphatic carbocycles. The molecule has 29 heavy (non-hydrogen) atoms. The molecule has 0 saturated heterocycles. The summed E-state index contributed by atoms with van der Waals surface area (Å²) in [6, 6.07) is 6.24. The number of rotatable bonds is 8. The average molecular weight is 416 g/mol. The zero-order valence-electron chi connectivity index (χ0n) is 17.8. The maximum Gasteiger partial charge on any atom is 0.306 e. The number of anilines is 1. The van der Waals surface area contributed by atoms with E-state index in [1.807, 2.05) is 32.1 Å². The molecule has 3 aromatic rings. The highest BCUT2D eigenvalue weighted by atomic mass is 32.2. The van der Waals surface area contributed by atoms with Gasteiger partial charge in [-0.25, -0.2) is 4.98 Å². The Morgan fingerprint density at radius 3 is 2.72 bits per heavy atom. The van der Waals surface area contributed by atoms with Crippen molar-refractivity contribution in [2.75, 3.05) is 18.1 Å². The highest BCUT2D eigenvalue weighted by Gasteiger charge is 2.16. The van der Waals surface area contributed by atoms with Crippen LogP contribution in [0.15, 0.2) is 23.1 Å². The molecule has 156 valence electrons. The third-order valence-electron chi connectivity index (χ3n) is 4.46. The number of hydrogen-bond donors (Lipinski definition) is 1. The van der Waals surface area contributed by atoms with Crippen molar-refractivity contribution in [2.45, 2.75) is 63.9 Å². The van der Waals surface area contributed by atoms with E-state index in [-0.39, 0.29) is 5.97 Å². The maximum atomic E-state index is 11.8. The molecule has 7 nitrogen and oxygen atoms in total. The topological polar surface area (TPSA) is 81.4 Å². The van der Waals surface area contributed by atoms with E-state index in [0.29, 0.717) is 6.42 Å². The van der Waals surface area contributed by atoms with Crippen LogP contribution in [0.4, 0.5) is 5.82 Å². The molecule has 2 heterocycles. The molecule has 1 aromatic carbocycles. The molecule has 1 N–H and O–H groups in total. The quantitative estimate of drug-likeness (QED) is 0.326. The predicted molar refractivity (Wildman–Crippen MR) is 118 cm³/mol. The molecule has 0 bridgehead atoms. The molecule has 0 saturated carbocycles. The fourth-order valence-corrected chi connectivity index (χ4v) is 3.61. The largest absolute Gasteiger partial charge is 0.460 e. The summed E-state index contributed by atoms with van der Waals surface area (Å²) in [6.07, 6.45) is 5.21. The van der Waals surface area contributed by atoms with Crippen molar-refractivity contribution in [3.05, 3.63) is 24.0 Å². The normalized spacial score (nSPS) is 11.9. The molecular weight excluding hydrogens is 386 g/mol. The van der Waals surface area contributed by atoms with Gasteiger partial charge in [0.05, 0.1) is 11.0 Å². The van der Waals surface area contributed by atoms with Crippen molar-refractivity contribution in [3.63, 3.8) is 0 Å². The molecule has 2 aromatic heterocycles. The Labute approximate surface area is 175 Å². The summed E-state index contributed by atoms with van der Waals surface area (Å²) in [7, 11) is 0. The number of carbonyl (C=O) groups is 1. The van der Waals surface area contributed by atoms with Crippen molar-refractivity contribution in [1.82, 2.24) is 19.6 Å². The molecule has 0 unspecified atom stereocenters. The van der Waals surface area contributed by atoms with Crippen molar-refractivity contribution in [1.29, 1.82) is 0 Å². The Morgan fingerprint density at radius 2 is 2.00 bits per heavy atom. The van der Waals surface area contributed by atoms with Crippen LogP contribution in [-0.2, 0) is 9.53 Å². The van der Waals surface area contributed by atoms with Gasteiger partial charge in [-0.05, 0) is 65.0 Å². The minimum Gasteiger partial charge on any atom is -0.460 e. The van der Waals surface area contributed by atoms with Gasteiger partial charge in [0.15, 0.2) is 5.82 Å². The summed E-state index contributed by atoms with van der Waals surface area (Å²) in [6.45, 7) is 8.38. The van der Waals surface area contributed by atoms with Crippen LogP contribution in [0.5, 0.6) is 0 Å². The Balaban J connectivity index is 1.62. The molecular formula is C21H29N5O2S. The number of fused-ring (bicyclic) bond motifs is 3. The van der Waals surface area contributed by atoms with Gasteiger partial charge in [-0.1, -0.05) is 6.42 Å². The van der Waals surface area contributed by atoms with Gasteiger partial charge >= 0.3 is 5.97 Å². The summed E-state index contributed by atoms with van der Waals surface area (Å²) >= 11 is 1.69. The van der Waals surface area contributed by atoms with Gasteiger partial charge in [0, 0.05) is 17.9 Å². The van der Waals surface area contributed by atoms with Gasteiger partial charge in [-0.3, -0.25) is 9.20 Å². The standard InChI is InChI=1S/C21H29N5O2S/c1-14-24-25-20-19(22-12-8-6-7-9-18(27)28-21(2,3)4)23-16-13-15(29-5)10-11-17(16)26(14)20/h10-11,13H,6-9,12H2,1-5H3,(H,22,23). The fourth-order valence-electron chi connectivity index (χ4n) is 3.17. The number of esters is 1. The number of nitrogens with zero attached hydrogens (tertiary/aromatic N) is 4. The van der Waals surface area contributed by atoms with E-state index in [2.05, 4.69) is 40.0 Å². The predicted octanol–water partition coefficient (Wildman–Crippen LogP) is 4.62. The molecule has 8 heteroatoms. The number of nitrogens with one attached hydrogen (secondary N) is 1. The van der Waals surface area contributed by atoms with Gasteiger partial charge in [-0.2, -0.15) is 0 Å². The molecule has 0 fully saturated rings. The van der Waals surface area contributed by atoms with E-state index in [0.717, 1.165) is 54.1 Å². The third kappa shape index (κ3) is 5.38. The Morgan fingerprint density at radius 1 is 1.21 bits per heavy atom.